The Morgan fingerprint density at radius 2 is 1.84 bits per heavy atom. The molecule has 25 heavy (non-hydrogen) atoms. The molecule has 1 saturated heterocycles. The number of ether oxygens (including phenoxy) is 1. The number of amides is 2. The monoisotopic (exact) mass is 338 g/mol. The minimum atomic E-state index is -0.223. The van der Waals surface area contributed by atoms with E-state index in [1.54, 1.807) is 11.0 Å². The molecule has 0 aromatic heterocycles. The summed E-state index contributed by atoms with van der Waals surface area (Å²) in [4.78, 5) is 26.4. The minimum absolute atomic E-state index is 0.00528. The molecule has 0 aliphatic carbocycles. The number of hydrogen-bond acceptors (Lipinski definition) is 3. The lowest BCUT2D eigenvalue weighted by Gasteiger charge is -2.33. The summed E-state index contributed by atoms with van der Waals surface area (Å²) in [6.45, 7) is 3.42. The van der Waals surface area contributed by atoms with E-state index in [-0.39, 0.29) is 24.5 Å². The lowest BCUT2D eigenvalue weighted by atomic mass is 10.1. The Balaban J connectivity index is 1.56. The molecule has 1 unspecified atom stereocenters. The lowest BCUT2D eigenvalue weighted by molar-refractivity contribution is -0.137. The summed E-state index contributed by atoms with van der Waals surface area (Å²) in [6, 6.07) is 17.2. The molecule has 1 heterocycles. The van der Waals surface area contributed by atoms with Crippen molar-refractivity contribution in [3.8, 4) is 0 Å². The normalized spacial score (nSPS) is 17.2. The molecule has 2 amide bonds. The smallest absolute Gasteiger partial charge is 0.251 e. The SMILES string of the molecule is Cc1ccccc1C(=O)NCC(=O)N1CCOC(c2ccccc2)C1. The molecule has 0 radical (unpaired) electrons. The van der Waals surface area contributed by atoms with Crippen molar-refractivity contribution in [2.45, 2.75) is 13.0 Å². The number of benzene rings is 2. The fourth-order valence-corrected chi connectivity index (χ4v) is 2.94. The first kappa shape index (κ1) is 17.2. The van der Waals surface area contributed by atoms with Crippen molar-refractivity contribution in [3.05, 3.63) is 71.3 Å². The van der Waals surface area contributed by atoms with Gasteiger partial charge in [-0.05, 0) is 24.1 Å². The molecular weight excluding hydrogens is 316 g/mol. The van der Waals surface area contributed by atoms with Crippen LogP contribution in [0.3, 0.4) is 0 Å². The number of aryl methyl sites for hydroxylation is 1. The zero-order valence-corrected chi connectivity index (χ0v) is 14.3. The second kappa shape index (κ2) is 7.94. The second-order valence-corrected chi connectivity index (χ2v) is 6.11. The van der Waals surface area contributed by atoms with Crippen molar-refractivity contribution < 1.29 is 14.3 Å². The summed E-state index contributed by atoms with van der Waals surface area (Å²) < 4.78 is 5.77. The van der Waals surface area contributed by atoms with Gasteiger partial charge in [-0.3, -0.25) is 9.59 Å². The lowest BCUT2D eigenvalue weighted by Crippen LogP contribution is -2.46. The highest BCUT2D eigenvalue weighted by atomic mass is 16.5. The average Bonchev–Trinajstić information content (AvgIpc) is 2.67. The number of nitrogens with one attached hydrogen (secondary N) is 1. The van der Waals surface area contributed by atoms with E-state index in [1.807, 2.05) is 55.5 Å². The molecule has 1 N–H and O–H groups in total. The van der Waals surface area contributed by atoms with Crippen molar-refractivity contribution in [2.75, 3.05) is 26.2 Å². The summed E-state index contributed by atoms with van der Waals surface area (Å²) >= 11 is 0. The van der Waals surface area contributed by atoms with Gasteiger partial charge in [0.1, 0.15) is 6.10 Å². The van der Waals surface area contributed by atoms with Crippen LogP contribution in [0.2, 0.25) is 0 Å². The standard InChI is InChI=1S/C20H22N2O3/c1-15-7-5-6-10-17(15)20(24)21-13-19(23)22-11-12-25-18(14-22)16-8-3-2-4-9-16/h2-10,18H,11-14H2,1H3,(H,21,24). The van der Waals surface area contributed by atoms with Crippen LogP contribution in [0.25, 0.3) is 0 Å². The van der Waals surface area contributed by atoms with Gasteiger partial charge in [0, 0.05) is 12.1 Å². The quantitative estimate of drug-likeness (QED) is 0.931. The molecule has 5 heteroatoms. The first-order chi connectivity index (χ1) is 12.1. The number of morpholine rings is 1. The van der Waals surface area contributed by atoms with Crippen molar-refractivity contribution in [2.24, 2.45) is 0 Å². The van der Waals surface area contributed by atoms with E-state index in [2.05, 4.69) is 5.32 Å². The van der Waals surface area contributed by atoms with Gasteiger partial charge in [-0.1, -0.05) is 48.5 Å². The van der Waals surface area contributed by atoms with Gasteiger partial charge in [0.25, 0.3) is 5.91 Å². The third-order valence-electron chi connectivity index (χ3n) is 4.38. The summed E-state index contributed by atoms with van der Waals surface area (Å²) in [5.74, 6) is -0.314. The van der Waals surface area contributed by atoms with Crippen LogP contribution in [0.1, 0.15) is 27.6 Å². The molecule has 0 bridgehead atoms. The van der Waals surface area contributed by atoms with Crippen molar-refractivity contribution >= 4 is 11.8 Å². The van der Waals surface area contributed by atoms with Crippen LogP contribution >= 0.6 is 0 Å². The first-order valence-electron chi connectivity index (χ1n) is 8.43. The molecule has 0 spiro atoms. The average molecular weight is 338 g/mol. The van der Waals surface area contributed by atoms with Crippen molar-refractivity contribution in [1.82, 2.24) is 10.2 Å². The topological polar surface area (TPSA) is 58.6 Å². The third-order valence-corrected chi connectivity index (χ3v) is 4.38. The highest BCUT2D eigenvalue weighted by Crippen LogP contribution is 2.21. The Hall–Kier alpha value is -2.66. The molecule has 5 nitrogen and oxygen atoms in total. The molecule has 2 aromatic carbocycles. The van der Waals surface area contributed by atoms with Crippen LogP contribution in [0.15, 0.2) is 54.6 Å². The van der Waals surface area contributed by atoms with Gasteiger partial charge in [-0.2, -0.15) is 0 Å². The van der Waals surface area contributed by atoms with Gasteiger partial charge >= 0.3 is 0 Å². The van der Waals surface area contributed by atoms with E-state index in [4.69, 9.17) is 4.74 Å². The van der Waals surface area contributed by atoms with E-state index < -0.39 is 0 Å². The Labute approximate surface area is 147 Å². The maximum atomic E-state index is 12.5. The molecule has 1 aliphatic rings. The number of carbonyl (C=O) groups is 2. The van der Waals surface area contributed by atoms with Crippen LogP contribution in [0, 0.1) is 6.92 Å². The van der Waals surface area contributed by atoms with Gasteiger partial charge in [-0.15, -0.1) is 0 Å². The number of hydrogen-bond donors (Lipinski definition) is 1. The molecule has 1 atom stereocenters. The van der Waals surface area contributed by atoms with Crippen LogP contribution in [-0.2, 0) is 9.53 Å². The zero-order chi connectivity index (χ0) is 17.6. The number of carbonyl (C=O) groups excluding carboxylic acids is 2. The zero-order valence-electron chi connectivity index (χ0n) is 14.3. The molecule has 1 aliphatic heterocycles. The van der Waals surface area contributed by atoms with Crippen LogP contribution in [-0.4, -0.2) is 43.0 Å². The van der Waals surface area contributed by atoms with Gasteiger partial charge in [0.2, 0.25) is 5.91 Å². The summed E-state index contributed by atoms with van der Waals surface area (Å²) in [7, 11) is 0. The van der Waals surface area contributed by atoms with Crippen LogP contribution in [0.4, 0.5) is 0 Å². The van der Waals surface area contributed by atoms with E-state index in [0.29, 0.717) is 25.3 Å². The Morgan fingerprint density at radius 3 is 2.60 bits per heavy atom. The van der Waals surface area contributed by atoms with Crippen LogP contribution < -0.4 is 5.32 Å². The molecule has 1 fully saturated rings. The first-order valence-corrected chi connectivity index (χ1v) is 8.43. The van der Waals surface area contributed by atoms with E-state index >= 15 is 0 Å². The maximum absolute atomic E-state index is 12.5. The van der Waals surface area contributed by atoms with Crippen molar-refractivity contribution in [3.63, 3.8) is 0 Å². The van der Waals surface area contributed by atoms with Gasteiger partial charge < -0.3 is 15.0 Å². The fraction of sp³-hybridized carbons (Fsp3) is 0.300. The van der Waals surface area contributed by atoms with Gasteiger partial charge in [0.15, 0.2) is 0 Å². The Morgan fingerprint density at radius 1 is 1.12 bits per heavy atom. The molecule has 0 saturated carbocycles. The van der Waals surface area contributed by atoms with E-state index in [0.717, 1.165) is 11.1 Å². The second-order valence-electron chi connectivity index (χ2n) is 6.11. The fourth-order valence-electron chi connectivity index (χ4n) is 2.94. The van der Waals surface area contributed by atoms with Gasteiger partial charge in [-0.25, -0.2) is 0 Å². The molecule has 3 rings (SSSR count). The predicted octanol–water partition coefficient (Wildman–Crippen LogP) is 2.32. The third kappa shape index (κ3) is 4.25. The maximum Gasteiger partial charge on any atom is 0.251 e. The van der Waals surface area contributed by atoms with Crippen molar-refractivity contribution in [1.29, 1.82) is 0 Å². The molecular formula is C20H22N2O3. The largest absolute Gasteiger partial charge is 0.370 e. The molecule has 2 aromatic rings. The van der Waals surface area contributed by atoms with Crippen LogP contribution in [0.5, 0.6) is 0 Å². The summed E-state index contributed by atoms with van der Waals surface area (Å²) in [5.41, 5.74) is 2.55. The Kier molecular flexibility index (Phi) is 5.46. The highest BCUT2D eigenvalue weighted by molar-refractivity contribution is 5.97. The number of rotatable bonds is 4. The summed E-state index contributed by atoms with van der Waals surface area (Å²) in [5, 5.41) is 2.72. The van der Waals surface area contributed by atoms with E-state index in [9.17, 15) is 9.59 Å². The Bertz CT molecular complexity index is 746. The minimum Gasteiger partial charge on any atom is -0.370 e. The predicted molar refractivity (Wildman–Crippen MR) is 95.2 cm³/mol. The summed E-state index contributed by atoms with van der Waals surface area (Å²) in [6.07, 6.45) is -0.119. The highest BCUT2D eigenvalue weighted by Gasteiger charge is 2.25. The van der Waals surface area contributed by atoms with E-state index in [1.165, 1.54) is 0 Å². The molecule has 130 valence electrons. The van der Waals surface area contributed by atoms with Gasteiger partial charge in [0.05, 0.1) is 19.7 Å². The number of nitrogens with zero attached hydrogens (tertiary/aromatic N) is 1.